The third-order valence-electron chi connectivity index (χ3n) is 3.68. The number of nitrogens with two attached hydrogens (primary N) is 1. The lowest BCUT2D eigenvalue weighted by atomic mass is 9.97. The molecule has 1 saturated heterocycles. The first kappa shape index (κ1) is 15.2. The summed E-state index contributed by atoms with van der Waals surface area (Å²) in [4.78, 5) is 25.7. The number of benzene rings is 1. The Hall–Kier alpha value is -2.24. The number of rotatable bonds is 3. The first-order chi connectivity index (χ1) is 9.87. The quantitative estimate of drug-likeness (QED) is 0.645. The molecule has 0 spiro atoms. The molecular weight excluding hydrogens is 270 g/mol. The maximum absolute atomic E-state index is 12.0. The van der Waals surface area contributed by atoms with E-state index in [0.29, 0.717) is 30.9 Å². The van der Waals surface area contributed by atoms with Gasteiger partial charge in [-0.25, -0.2) is 4.79 Å². The van der Waals surface area contributed by atoms with Gasteiger partial charge >= 0.3 is 5.97 Å². The Morgan fingerprint density at radius 1 is 1.48 bits per heavy atom. The number of amides is 1. The molecule has 114 valence electrons. The summed E-state index contributed by atoms with van der Waals surface area (Å²) < 4.78 is 4.95. The van der Waals surface area contributed by atoms with Crippen LogP contribution in [0.5, 0.6) is 0 Å². The molecule has 0 saturated carbocycles. The van der Waals surface area contributed by atoms with Gasteiger partial charge in [0.2, 0.25) is 5.91 Å². The number of ether oxygens (including phenoxy) is 1. The molecule has 0 bridgehead atoms. The van der Waals surface area contributed by atoms with E-state index < -0.39 is 11.5 Å². The molecule has 3 N–H and O–H groups in total. The molecule has 1 aliphatic rings. The van der Waals surface area contributed by atoms with Crippen LogP contribution in [0.2, 0.25) is 0 Å². The molecule has 1 heterocycles. The van der Waals surface area contributed by atoms with Crippen LogP contribution in [0, 0.1) is 0 Å². The Kier molecular flexibility index (Phi) is 4.06. The van der Waals surface area contributed by atoms with Crippen LogP contribution in [-0.2, 0) is 9.53 Å². The van der Waals surface area contributed by atoms with Gasteiger partial charge in [0.15, 0.2) is 0 Å². The van der Waals surface area contributed by atoms with Gasteiger partial charge in [0.05, 0.1) is 23.5 Å². The zero-order valence-electron chi connectivity index (χ0n) is 12.6. The summed E-state index contributed by atoms with van der Waals surface area (Å²) in [5.74, 6) is -0.436. The second-order valence-electron chi connectivity index (χ2n) is 5.46. The van der Waals surface area contributed by atoms with E-state index in [1.807, 2.05) is 18.7 Å². The summed E-state index contributed by atoms with van der Waals surface area (Å²) in [5.41, 5.74) is 7.02. The Labute approximate surface area is 124 Å². The SMILES string of the molecule is CCOC(=O)c1ccc(N2CCNC(=O)C2(C)C)c(N)c1. The number of piperazine rings is 1. The fourth-order valence-electron chi connectivity index (χ4n) is 2.46. The molecule has 0 unspecified atom stereocenters. The molecule has 0 atom stereocenters. The van der Waals surface area contributed by atoms with E-state index in [0.717, 1.165) is 5.69 Å². The number of hydrogen-bond donors (Lipinski definition) is 2. The monoisotopic (exact) mass is 291 g/mol. The van der Waals surface area contributed by atoms with Gasteiger partial charge in [-0.05, 0) is 39.0 Å². The van der Waals surface area contributed by atoms with Crippen LogP contribution < -0.4 is 16.0 Å². The lowest BCUT2D eigenvalue weighted by molar-refractivity contribution is -0.126. The van der Waals surface area contributed by atoms with Gasteiger partial charge in [-0.3, -0.25) is 4.79 Å². The molecule has 6 nitrogen and oxygen atoms in total. The number of nitrogens with zero attached hydrogens (tertiary/aromatic N) is 1. The summed E-state index contributed by atoms with van der Waals surface area (Å²) in [6.07, 6.45) is 0. The van der Waals surface area contributed by atoms with Gasteiger partial charge in [0.1, 0.15) is 5.54 Å². The van der Waals surface area contributed by atoms with E-state index >= 15 is 0 Å². The van der Waals surface area contributed by atoms with Gasteiger partial charge in [-0.2, -0.15) is 0 Å². The predicted molar refractivity (Wildman–Crippen MR) is 81.2 cm³/mol. The van der Waals surface area contributed by atoms with Crippen molar-refractivity contribution in [3.05, 3.63) is 23.8 Å². The van der Waals surface area contributed by atoms with Crippen molar-refractivity contribution in [3.8, 4) is 0 Å². The summed E-state index contributed by atoms with van der Waals surface area (Å²) in [5, 5.41) is 2.84. The van der Waals surface area contributed by atoms with Crippen molar-refractivity contribution in [2.24, 2.45) is 0 Å². The summed E-state index contributed by atoms with van der Waals surface area (Å²) >= 11 is 0. The molecule has 1 aromatic rings. The summed E-state index contributed by atoms with van der Waals surface area (Å²) in [7, 11) is 0. The molecule has 0 aromatic heterocycles. The van der Waals surface area contributed by atoms with E-state index in [1.54, 1.807) is 25.1 Å². The van der Waals surface area contributed by atoms with Crippen molar-refractivity contribution < 1.29 is 14.3 Å². The van der Waals surface area contributed by atoms with E-state index in [1.165, 1.54) is 0 Å². The van der Waals surface area contributed by atoms with Crippen LogP contribution >= 0.6 is 0 Å². The molecular formula is C15H21N3O3. The minimum atomic E-state index is -0.683. The topological polar surface area (TPSA) is 84.7 Å². The van der Waals surface area contributed by atoms with Crippen molar-refractivity contribution in [1.82, 2.24) is 5.32 Å². The van der Waals surface area contributed by atoms with Gasteiger partial charge in [0, 0.05) is 13.1 Å². The predicted octanol–water partition coefficient (Wildman–Crippen LogP) is 1.16. The van der Waals surface area contributed by atoms with Crippen molar-refractivity contribution in [2.45, 2.75) is 26.3 Å². The number of nitrogen functional groups attached to an aromatic ring is 1. The molecule has 2 rings (SSSR count). The standard InChI is InChI=1S/C15H21N3O3/c1-4-21-13(19)10-5-6-12(11(16)9-10)18-8-7-17-14(20)15(18,2)3/h5-6,9H,4,7-8,16H2,1-3H3,(H,17,20). The van der Waals surface area contributed by atoms with E-state index in [9.17, 15) is 9.59 Å². The van der Waals surface area contributed by atoms with Crippen molar-refractivity contribution >= 4 is 23.3 Å². The van der Waals surface area contributed by atoms with Gasteiger partial charge < -0.3 is 20.7 Å². The summed E-state index contributed by atoms with van der Waals surface area (Å²) in [6, 6.07) is 5.03. The highest BCUT2D eigenvalue weighted by Crippen LogP contribution is 2.31. The zero-order chi connectivity index (χ0) is 15.6. The maximum atomic E-state index is 12.0. The van der Waals surface area contributed by atoms with Crippen LogP contribution in [0.3, 0.4) is 0 Å². The normalized spacial score (nSPS) is 17.3. The van der Waals surface area contributed by atoms with Crippen LogP contribution in [-0.4, -0.2) is 37.1 Å². The van der Waals surface area contributed by atoms with Crippen molar-refractivity contribution in [2.75, 3.05) is 30.3 Å². The molecule has 0 aliphatic carbocycles. The highest BCUT2D eigenvalue weighted by Gasteiger charge is 2.38. The minimum Gasteiger partial charge on any atom is -0.462 e. The average Bonchev–Trinajstić information content (AvgIpc) is 2.42. The van der Waals surface area contributed by atoms with Crippen molar-refractivity contribution in [1.29, 1.82) is 0 Å². The van der Waals surface area contributed by atoms with Gasteiger partial charge in [-0.1, -0.05) is 0 Å². The number of nitrogens with one attached hydrogen (secondary N) is 1. The fraction of sp³-hybridized carbons (Fsp3) is 0.467. The van der Waals surface area contributed by atoms with E-state index in [2.05, 4.69) is 5.32 Å². The van der Waals surface area contributed by atoms with E-state index in [4.69, 9.17) is 10.5 Å². The molecule has 21 heavy (non-hydrogen) atoms. The number of esters is 1. The Morgan fingerprint density at radius 3 is 2.81 bits per heavy atom. The first-order valence-corrected chi connectivity index (χ1v) is 7.00. The summed E-state index contributed by atoms with van der Waals surface area (Å²) in [6.45, 7) is 7.01. The number of carbonyl (C=O) groups excluding carboxylic acids is 2. The molecule has 1 fully saturated rings. The minimum absolute atomic E-state index is 0.0392. The Balaban J connectivity index is 2.32. The average molecular weight is 291 g/mol. The smallest absolute Gasteiger partial charge is 0.338 e. The second kappa shape index (κ2) is 5.63. The van der Waals surface area contributed by atoms with Crippen LogP contribution in [0.25, 0.3) is 0 Å². The van der Waals surface area contributed by atoms with Crippen LogP contribution in [0.4, 0.5) is 11.4 Å². The number of carbonyl (C=O) groups is 2. The van der Waals surface area contributed by atoms with Crippen LogP contribution in [0.15, 0.2) is 18.2 Å². The van der Waals surface area contributed by atoms with Crippen molar-refractivity contribution in [3.63, 3.8) is 0 Å². The number of hydrogen-bond acceptors (Lipinski definition) is 5. The lowest BCUT2D eigenvalue weighted by Crippen LogP contribution is -2.62. The molecule has 0 radical (unpaired) electrons. The van der Waals surface area contributed by atoms with E-state index in [-0.39, 0.29) is 5.91 Å². The zero-order valence-corrected chi connectivity index (χ0v) is 12.6. The maximum Gasteiger partial charge on any atom is 0.338 e. The number of anilines is 2. The Morgan fingerprint density at radius 2 is 2.19 bits per heavy atom. The van der Waals surface area contributed by atoms with Crippen LogP contribution in [0.1, 0.15) is 31.1 Å². The largest absolute Gasteiger partial charge is 0.462 e. The molecule has 1 aromatic carbocycles. The molecule has 6 heteroatoms. The third-order valence-corrected chi connectivity index (χ3v) is 3.68. The lowest BCUT2D eigenvalue weighted by Gasteiger charge is -2.43. The third kappa shape index (κ3) is 2.79. The van der Waals surface area contributed by atoms with Gasteiger partial charge in [0.25, 0.3) is 0 Å². The molecule has 1 amide bonds. The fourth-order valence-corrected chi connectivity index (χ4v) is 2.46. The Bertz CT molecular complexity index is 569. The molecule has 1 aliphatic heterocycles. The van der Waals surface area contributed by atoms with Gasteiger partial charge in [-0.15, -0.1) is 0 Å². The highest BCUT2D eigenvalue weighted by atomic mass is 16.5. The first-order valence-electron chi connectivity index (χ1n) is 7.00. The highest BCUT2D eigenvalue weighted by molar-refractivity contribution is 5.94. The second-order valence-corrected chi connectivity index (χ2v) is 5.46.